The van der Waals surface area contributed by atoms with E-state index in [0.29, 0.717) is 44.8 Å². The maximum atomic E-state index is 12.5. The second kappa shape index (κ2) is 9.40. The van der Waals surface area contributed by atoms with E-state index in [2.05, 4.69) is 16.4 Å². The molecule has 1 fully saturated rings. The highest BCUT2D eigenvalue weighted by Crippen LogP contribution is 2.23. The van der Waals surface area contributed by atoms with Crippen LogP contribution in [0.25, 0.3) is 0 Å². The molecule has 0 bridgehead atoms. The Morgan fingerprint density at radius 3 is 2.89 bits per heavy atom. The van der Waals surface area contributed by atoms with E-state index >= 15 is 0 Å². The SMILES string of the molecule is CCOC(=O)CCN1CCN(CCCc2nc3c(cc2C#N)CCCN3)C1=O. The first-order valence-electron chi connectivity index (χ1n) is 9.98. The van der Waals surface area contributed by atoms with Crippen LogP contribution >= 0.6 is 0 Å². The third kappa shape index (κ3) is 4.71. The molecular formula is C20H27N5O3. The zero-order chi connectivity index (χ0) is 19.9. The number of esters is 1. The summed E-state index contributed by atoms with van der Waals surface area (Å²) in [6, 6.07) is 4.16. The predicted octanol–water partition coefficient (Wildman–Crippen LogP) is 1.93. The van der Waals surface area contributed by atoms with Gasteiger partial charge >= 0.3 is 12.0 Å². The van der Waals surface area contributed by atoms with Crippen LogP contribution in [0.3, 0.4) is 0 Å². The second-order valence-electron chi connectivity index (χ2n) is 7.05. The van der Waals surface area contributed by atoms with Gasteiger partial charge in [0.05, 0.1) is 24.3 Å². The molecule has 0 unspecified atom stereocenters. The monoisotopic (exact) mass is 385 g/mol. The average molecular weight is 385 g/mol. The van der Waals surface area contributed by atoms with Crippen LogP contribution in [-0.4, -0.2) is 66.1 Å². The van der Waals surface area contributed by atoms with Crippen LogP contribution in [0, 0.1) is 11.3 Å². The number of pyridine rings is 1. The lowest BCUT2D eigenvalue weighted by atomic mass is 10.0. The molecule has 2 aliphatic rings. The lowest BCUT2D eigenvalue weighted by Crippen LogP contribution is -2.34. The first kappa shape index (κ1) is 19.9. The molecular weight excluding hydrogens is 358 g/mol. The molecule has 1 aromatic rings. The minimum Gasteiger partial charge on any atom is -0.466 e. The van der Waals surface area contributed by atoms with Gasteiger partial charge in [-0.2, -0.15) is 5.26 Å². The van der Waals surface area contributed by atoms with Crippen molar-refractivity contribution in [3.05, 3.63) is 22.9 Å². The number of nitrogens with one attached hydrogen (secondary N) is 1. The van der Waals surface area contributed by atoms with Crippen LogP contribution in [0.5, 0.6) is 0 Å². The van der Waals surface area contributed by atoms with E-state index in [4.69, 9.17) is 4.74 Å². The van der Waals surface area contributed by atoms with Crippen LogP contribution in [0.1, 0.15) is 43.0 Å². The molecule has 1 N–H and O–H groups in total. The second-order valence-corrected chi connectivity index (χ2v) is 7.05. The number of fused-ring (bicyclic) bond motifs is 1. The smallest absolute Gasteiger partial charge is 0.320 e. The topological polar surface area (TPSA) is 98.6 Å². The highest BCUT2D eigenvalue weighted by molar-refractivity contribution is 5.77. The van der Waals surface area contributed by atoms with E-state index in [1.807, 2.05) is 6.07 Å². The molecule has 28 heavy (non-hydrogen) atoms. The maximum Gasteiger partial charge on any atom is 0.320 e. The number of aryl methyl sites for hydroxylation is 2. The van der Waals surface area contributed by atoms with Crippen LogP contribution in [-0.2, 0) is 22.4 Å². The minimum atomic E-state index is -0.273. The Morgan fingerprint density at radius 1 is 1.36 bits per heavy atom. The van der Waals surface area contributed by atoms with Gasteiger partial charge in [0.1, 0.15) is 11.9 Å². The molecule has 1 saturated heterocycles. The number of carbonyl (C=O) groups excluding carboxylic acids is 2. The Bertz CT molecular complexity index is 774. The molecule has 0 aliphatic carbocycles. The molecule has 0 spiro atoms. The number of carbonyl (C=O) groups is 2. The van der Waals surface area contributed by atoms with Crippen molar-refractivity contribution in [1.82, 2.24) is 14.8 Å². The van der Waals surface area contributed by atoms with Crippen molar-refractivity contribution in [2.45, 2.75) is 39.0 Å². The molecule has 8 heteroatoms. The molecule has 3 rings (SSSR count). The number of anilines is 1. The Balaban J connectivity index is 1.50. The van der Waals surface area contributed by atoms with Crippen LogP contribution in [0.2, 0.25) is 0 Å². The Hall–Kier alpha value is -2.82. The van der Waals surface area contributed by atoms with E-state index in [0.717, 1.165) is 42.9 Å². The molecule has 2 amide bonds. The van der Waals surface area contributed by atoms with Crippen LogP contribution < -0.4 is 5.32 Å². The van der Waals surface area contributed by atoms with Gasteiger partial charge in [0, 0.05) is 32.7 Å². The van der Waals surface area contributed by atoms with Crippen LogP contribution in [0.4, 0.5) is 10.6 Å². The molecule has 0 radical (unpaired) electrons. The summed E-state index contributed by atoms with van der Waals surface area (Å²) in [4.78, 5) is 32.1. The largest absolute Gasteiger partial charge is 0.466 e. The standard InChI is InChI=1S/C20H27N5O3/c1-2-28-18(26)7-10-25-12-11-24(20(25)27)9-4-6-17-16(14-21)13-15-5-3-8-22-19(15)23-17/h13H,2-12H2,1H3,(H,22,23). The first-order chi connectivity index (χ1) is 13.6. The number of ether oxygens (including phenoxy) is 1. The Labute approximate surface area is 165 Å². The number of urea groups is 1. The van der Waals surface area contributed by atoms with Gasteiger partial charge in [0.25, 0.3) is 0 Å². The van der Waals surface area contributed by atoms with Crippen LogP contribution in [0.15, 0.2) is 6.07 Å². The van der Waals surface area contributed by atoms with Crippen molar-refractivity contribution < 1.29 is 14.3 Å². The first-order valence-corrected chi connectivity index (χ1v) is 9.98. The predicted molar refractivity (Wildman–Crippen MR) is 104 cm³/mol. The maximum absolute atomic E-state index is 12.5. The lowest BCUT2D eigenvalue weighted by molar-refractivity contribution is -0.143. The normalized spacial score (nSPS) is 15.8. The van der Waals surface area contributed by atoms with E-state index < -0.39 is 0 Å². The molecule has 1 aromatic heterocycles. The summed E-state index contributed by atoms with van der Waals surface area (Å²) in [6.07, 6.45) is 3.64. The summed E-state index contributed by atoms with van der Waals surface area (Å²) in [5, 5.41) is 12.7. The average Bonchev–Trinajstić information content (AvgIpc) is 3.05. The van der Waals surface area contributed by atoms with Gasteiger partial charge in [-0.3, -0.25) is 4.79 Å². The van der Waals surface area contributed by atoms with Gasteiger partial charge in [-0.1, -0.05) is 0 Å². The summed E-state index contributed by atoms with van der Waals surface area (Å²) in [5.41, 5.74) is 2.53. The molecule has 0 atom stereocenters. The molecule has 0 saturated carbocycles. The molecule has 0 aromatic carbocycles. The van der Waals surface area contributed by atoms with Crippen molar-refractivity contribution in [3.63, 3.8) is 0 Å². The summed E-state index contributed by atoms with van der Waals surface area (Å²) in [6.45, 7) is 5.34. The van der Waals surface area contributed by atoms with Gasteiger partial charge in [-0.15, -0.1) is 0 Å². The molecule has 150 valence electrons. The molecule has 2 aliphatic heterocycles. The number of hydrogen-bond donors (Lipinski definition) is 1. The quantitative estimate of drug-likeness (QED) is 0.687. The summed E-state index contributed by atoms with van der Waals surface area (Å²) in [5.74, 6) is 0.618. The number of hydrogen-bond acceptors (Lipinski definition) is 6. The highest BCUT2D eigenvalue weighted by Gasteiger charge is 2.28. The van der Waals surface area contributed by atoms with E-state index in [9.17, 15) is 14.9 Å². The zero-order valence-electron chi connectivity index (χ0n) is 16.4. The van der Waals surface area contributed by atoms with E-state index in [1.165, 1.54) is 0 Å². The minimum absolute atomic E-state index is 0.0372. The third-order valence-corrected chi connectivity index (χ3v) is 5.13. The number of rotatable bonds is 8. The third-order valence-electron chi connectivity index (χ3n) is 5.13. The van der Waals surface area contributed by atoms with Gasteiger partial charge in [-0.05, 0) is 44.2 Å². The van der Waals surface area contributed by atoms with Crippen molar-refractivity contribution in [2.24, 2.45) is 0 Å². The molecule has 3 heterocycles. The Morgan fingerprint density at radius 2 is 2.14 bits per heavy atom. The fourth-order valence-electron chi connectivity index (χ4n) is 3.65. The van der Waals surface area contributed by atoms with E-state index in [1.54, 1.807) is 16.7 Å². The van der Waals surface area contributed by atoms with Crippen molar-refractivity contribution >= 4 is 17.8 Å². The highest BCUT2D eigenvalue weighted by atomic mass is 16.5. The summed E-state index contributed by atoms with van der Waals surface area (Å²) >= 11 is 0. The number of nitriles is 1. The zero-order valence-corrected chi connectivity index (χ0v) is 16.4. The van der Waals surface area contributed by atoms with Gasteiger partial charge < -0.3 is 19.9 Å². The Kier molecular flexibility index (Phi) is 6.69. The van der Waals surface area contributed by atoms with Crippen molar-refractivity contribution in [1.29, 1.82) is 5.26 Å². The number of amides is 2. The van der Waals surface area contributed by atoms with Gasteiger partial charge in [0.2, 0.25) is 0 Å². The number of nitrogens with zero attached hydrogens (tertiary/aromatic N) is 4. The van der Waals surface area contributed by atoms with Gasteiger partial charge in [0.15, 0.2) is 0 Å². The lowest BCUT2D eigenvalue weighted by Gasteiger charge is -2.20. The summed E-state index contributed by atoms with van der Waals surface area (Å²) < 4.78 is 4.91. The number of aromatic nitrogens is 1. The molecule has 8 nitrogen and oxygen atoms in total. The van der Waals surface area contributed by atoms with E-state index in [-0.39, 0.29) is 18.4 Å². The fourth-order valence-corrected chi connectivity index (χ4v) is 3.65. The van der Waals surface area contributed by atoms with Crippen molar-refractivity contribution in [3.8, 4) is 6.07 Å². The van der Waals surface area contributed by atoms with Gasteiger partial charge in [-0.25, -0.2) is 9.78 Å². The fraction of sp³-hybridized carbons (Fsp3) is 0.600. The van der Waals surface area contributed by atoms with Crippen molar-refractivity contribution in [2.75, 3.05) is 44.6 Å². The summed E-state index contributed by atoms with van der Waals surface area (Å²) in [7, 11) is 0.